The number of amides is 3. The molecule has 3 rings (SSSR count). The van der Waals surface area contributed by atoms with Gasteiger partial charge < -0.3 is 15.1 Å². The summed E-state index contributed by atoms with van der Waals surface area (Å²) < 4.78 is 0. The van der Waals surface area contributed by atoms with E-state index in [1.807, 2.05) is 35.8 Å². The molecular formula is C22H31N3O3. The normalized spacial score (nSPS) is 18.8. The molecule has 2 aliphatic rings. The number of aryl methyl sites for hydroxylation is 1. The Kier molecular flexibility index (Phi) is 6.70. The van der Waals surface area contributed by atoms with Gasteiger partial charge in [0.15, 0.2) is 0 Å². The third-order valence-electron chi connectivity index (χ3n) is 5.95. The zero-order valence-corrected chi connectivity index (χ0v) is 16.9. The third kappa shape index (κ3) is 4.72. The molecule has 1 aromatic rings. The number of carbonyl (C=O) groups is 3. The van der Waals surface area contributed by atoms with Crippen molar-refractivity contribution in [1.29, 1.82) is 0 Å². The highest BCUT2D eigenvalue weighted by Crippen LogP contribution is 2.24. The Morgan fingerprint density at radius 2 is 1.61 bits per heavy atom. The van der Waals surface area contributed by atoms with Gasteiger partial charge in [-0.1, -0.05) is 24.6 Å². The fourth-order valence-electron chi connectivity index (χ4n) is 4.15. The molecule has 0 saturated carbocycles. The van der Waals surface area contributed by atoms with Crippen molar-refractivity contribution in [2.45, 2.75) is 52.0 Å². The number of nitrogens with one attached hydrogen (secondary N) is 1. The maximum absolute atomic E-state index is 13.2. The lowest BCUT2D eigenvalue weighted by molar-refractivity contribution is -0.135. The van der Waals surface area contributed by atoms with Crippen LogP contribution in [0.25, 0.3) is 0 Å². The minimum absolute atomic E-state index is 0.0261. The molecule has 1 atom stereocenters. The molecule has 1 N–H and O–H groups in total. The lowest BCUT2D eigenvalue weighted by Gasteiger charge is -2.37. The third-order valence-corrected chi connectivity index (χ3v) is 5.95. The Balaban J connectivity index is 1.72. The summed E-state index contributed by atoms with van der Waals surface area (Å²) in [4.78, 5) is 41.7. The van der Waals surface area contributed by atoms with Gasteiger partial charge in [0.2, 0.25) is 11.8 Å². The Morgan fingerprint density at radius 3 is 2.18 bits per heavy atom. The Bertz CT molecular complexity index is 702. The van der Waals surface area contributed by atoms with Crippen LogP contribution in [0.5, 0.6) is 0 Å². The van der Waals surface area contributed by atoms with Crippen molar-refractivity contribution in [3.63, 3.8) is 0 Å². The van der Waals surface area contributed by atoms with Crippen LogP contribution < -0.4 is 5.32 Å². The number of carbonyl (C=O) groups excluding carboxylic acids is 3. The van der Waals surface area contributed by atoms with Gasteiger partial charge in [-0.3, -0.25) is 14.4 Å². The van der Waals surface area contributed by atoms with Crippen LogP contribution in [0.1, 0.15) is 54.9 Å². The van der Waals surface area contributed by atoms with Crippen molar-refractivity contribution in [2.24, 2.45) is 5.92 Å². The second kappa shape index (κ2) is 9.22. The fraction of sp³-hybridized carbons (Fsp3) is 0.591. The zero-order valence-electron chi connectivity index (χ0n) is 16.9. The first-order chi connectivity index (χ1) is 13.5. The number of piperidine rings is 1. The number of nitrogens with zero attached hydrogens (tertiary/aromatic N) is 2. The summed E-state index contributed by atoms with van der Waals surface area (Å²) in [6.45, 7) is 6.69. The van der Waals surface area contributed by atoms with Crippen LogP contribution in [0.3, 0.4) is 0 Å². The molecule has 152 valence electrons. The van der Waals surface area contributed by atoms with Gasteiger partial charge in [-0.2, -0.15) is 0 Å². The molecule has 0 unspecified atom stereocenters. The Hall–Kier alpha value is -2.37. The highest BCUT2D eigenvalue weighted by molar-refractivity contribution is 5.97. The van der Waals surface area contributed by atoms with E-state index in [4.69, 9.17) is 0 Å². The molecule has 2 fully saturated rings. The zero-order chi connectivity index (χ0) is 20.1. The van der Waals surface area contributed by atoms with Gasteiger partial charge in [-0.25, -0.2) is 0 Å². The average molecular weight is 386 g/mol. The van der Waals surface area contributed by atoms with Gasteiger partial charge >= 0.3 is 0 Å². The molecule has 0 aromatic heterocycles. The quantitative estimate of drug-likeness (QED) is 0.846. The average Bonchev–Trinajstić information content (AvgIpc) is 3.26. The van der Waals surface area contributed by atoms with Gasteiger partial charge in [0, 0.05) is 38.2 Å². The predicted molar refractivity (Wildman–Crippen MR) is 108 cm³/mol. The van der Waals surface area contributed by atoms with Crippen LogP contribution in [-0.4, -0.2) is 59.7 Å². The minimum Gasteiger partial charge on any atom is -0.343 e. The molecule has 28 heavy (non-hydrogen) atoms. The van der Waals surface area contributed by atoms with Crippen molar-refractivity contribution in [1.82, 2.24) is 15.1 Å². The van der Waals surface area contributed by atoms with Gasteiger partial charge in [-0.15, -0.1) is 0 Å². The van der Waals surface area contributed by atoms with E-state index in [-0.39, 0.29) is 23.6 Å². The maximum Gasteiger partial charge on any atom is 0.251 e. The van der Waals surface area contributed by atoms with Gasteiger partial charge in [0.25, 0.3) is 5.91 Å². The molecule has 2 heterocycles. The Labute approximate surface area is 167 Å². The van der Waals surface area contributed by atoms with Gasteiger partial charge in [0.05, 0.1) is 0 Å². The Morgan fingerprint density at radius 1 is 1.00 bits per heavy atom. The summed E-state index contributed by atoms with van der Waals surface area (Å²) in [6, 6.07) is 6.88. The molecule has 0 aliphatic carbocycles. The first-order valence-electron chi connectivity index (χ1n) is 10.4. The van der Waals surface area contributed by atoms with E-state index in [0.717, 1.165) is 44.3 Å². The van der Waals surface area contributed by atoms with E-state index < -0.39 is 6.04 Å². The van der Waals surface area contributed by atoms with Crippen LogP contribution in [0.4, 0.5) is 0 Å². The molecule has 1 aromatic carbocycles. The van der Waals surface area contributed by atoms with Crippen molar-refractivity contribution in [2.75, 3.05) is 26.2 Å². The molecular weight excluding hydrogens is 354 g/mol. The smallest absolute Gasteiger partial charge is 0.251 e. The second-order valence-electron chi connectivity index (χ2n) is 7.92. The predicted octanol–water partition coefficient (Wildman–Crippen LogP) is 2.36. The highest BCUT2D eigenvalue weighted by atomic mass is 16.2. The summed E-state index contributed by atoms with van der Waals surface area (Å²) in [6.07, 6.45) is 4.03. The number of benzene rings is 1. The monoisotopic (exact) mass is 385 g/mol. The fourth-order valence-corrected chi connectivity index (χ4v) is 4.15. The van der Waals surface area contributed by atoms with E-state index in [1.165, 1.54) is 0 Å². The van der Waals surface area contributed by atoms with Gasteiger partial charge in [0.1, 0.15) is 6.04 Å². The number of hydrogen-bond acceptors (Lipinski definition) is 3. The molecule has 6 nitrogen and oxygen atoms in total. The first kappa shape index (κ1) is 20.4. The largest absolute Gasteiger partial charge is 0.343 e. The molecule has 0 spiro atoms. The van der Waals surface area contributed by atoms with Gasteiger partial charge in [-0.05, 0) is 50.7 Å². The molecule has 2 aliphatic heterocycles. The van der Waals surface area contributed by atoms with E-state index in [9.17, 15) is 14.4 Å². The van der Waals surface area contributed by atoms with Crippen molar-refractivity contribution < 1.29 is 14.4 Å². The molecule has 3 amide bonds. The maximum atomic E-state index is 13.2. The van der Waals surface area contributed by atoms with E-state index >= 15 is 0 Å². The summed E-state index contributed by atoms with van der Waals surface area (Å²) in [7, 11) is 0. The van der Waals surface area contributed by atoms with Crippen LogP contribution in [-0.2, 0) is 9.59 Å². The van der Waals surface area contributed by atoms with E-state index in [2.05, 4.69) is 5.32 Å². The highest BCUT2D eigenvalue weighted by Gasteiger charge is 2.36. The van der Waals surface area contributed by atoms with E-state index in [1.54, 1.807) is 12.1 Å². The lowest BCUT2D eigenvalue weighted by atomic mass is 9.88. The number of rotatable bonds is 5. The lowest BCUT2D eigenvalue weighted by Crippen LogP contribution is -2.54. The van der Waals surface area contributed by atoms with Crippen molar-refractivity contribution >= 4 is 17.7 Å². The molecule has 2 saturated heterocycles. The number of hydrogen-bond donors (Lipinski definition) is 1. The van der Waals surface area contributed by atoms with Crippen LogP contribution in [0, 0.1) is 12.8 Å². The topological polar surface area (TPSA) is 69.7 Å². The number of likely N-dealkylation sites (tertiary alicyclic amines) is 2. The van der Waals surface area contributed by atoms with Crippen LogP contribution >= 0.6 is 0 Å². The van der Waals surface area contributed by atoms with E-state index in [0.29, 0.717) is 25.1 Å². The summed E-state index contributed by atoms with van der Waals surface area (Å²) in [5, 5.41) is 3.02. The minimum atomic E-state index is -0.522. The first-order valence-corrected chi connectivity index (χ1v) is 10.4. The molecule has 0 bridgehead atoms. The van der Waals surface area contributed by atoms with Crippen molar-refractivity contribution in [3.8, 4) is 0 Å². The van der Waals surface area contributed by atoms with Crippen LogP contribution in [0.2, 0.25) is 0 Å². The second-order valence-corrected chi connectivity index (χ2v) is 7.92. The SMILES string of the molecule is CCC(=O)N1CCC([C@@H](NC(=O)c2ccc(C)cc2)C(=O)N2CCCC2)CC1. The molecule has 6 heteroatoms. The summed E-state index contributed by atoms with van der Waals surface area (Å²) in [5.74, 6) is 0.0378. The molecule has 0 radical (unpaired) electrons. The van der Waals surface area contributed by atoms with Crippen molar-refractivity contribution in [3.05, 3.63) is 35.4 Å². The van der Waals surface area contributed by atoms with Crippen LogP contribution in [0.15, 0.2) is 24.3 Å². The summed E-state index contributed by atoms with van der Waals surface area (Å²) in [5.41, 5.74) is 1.66. The summed E-state index contributed by atoms with van der Waals surface area (Å²) >= 11 is 0. The standard InChI is InChI=1S/C22H31N3O3/c1-3-19(26)24-14-10-17(11-15-24)20(22(28)25-12-4-5-13-25)23-21(27)18-8-6-16(2)7-9-18/h6-9,17,20H,3-5,10-15H2,1-2H3,(H,23,27)/t20-/m1/s1.